The third-order valence-electron chi connectivity index (χ3n) is 5.38. The van der Waals surface area contributed by atoms with Crippen LogP contribution in [0.2, 0.25) is 0 Å². The number of esters is 1. The largest absolute Gasteiger partial charge is 0.469 e. The Morgan fingerprint density at radius 1 is 1.13 bits per heavy atom. The van der Waals surface area contributed by atoms with Gasteiger partial charge in [-0.2, -0.15) is 0 Å². The van der Waals surface area contributed by atoms with Crippen LogP contribution in [0.5, 0.6) is 0 Å². The van der Waals surface area contributed by atoms with E-state index in [0.717, 1.165) is 5.56 Å². The van der Waals surface area contributed by atoms with Gasteiger partial charge in [0.15, 0.2) is 0 Å². The highest BCUT2D eigenvalue weighted by atomic mass is 16.6. The number of rotatable bonds is 8. The quantitative estimate of drug-likeness (QED) is 0.358. The monoisotopic (exact) mass is 429 g/mol. The van der Waals surface area contributed by atoms with Crippen LogP contribution in [-0.2, 0) is 27.3 Å². The Morgan fingerprint density at radius 3 is 2.39 bits per heavy atom. The van der Waals surface area contributed by atoms with Gasteiger partial charge in [0.2, 0.25) is 17.5 Å². The second kappa shape index (κ2) is 10.1. The van der Waals surface area contributed by atoms with E-state index in [9.17, 15) is 19.7 Å². The van der Waals surface area contributed by atoms with Crippen LogP contribution in [0.15, 0.2) is 30.3 Å². The number of amides is 1. The molecule has 0 aliphatic carbocycles. The number of ether oxygens (including phenoxy) is 1. The van der Waals surface area contributed by atoms with Gasteiger partial charge in [0.05, 0.1) is 20.1 Å². The number of anilines is 1. The molecule has 1 fully saturated rings. The summed E-state index contributed by atoms with van der Waals surface area (Å²) in [5, 5.41) is 11.7. The summed E-state index contributed by atoms with van der Waals surface area (Å²) in [5.74, 6) is 0.443. The Morgan fingerprint density at radius 2 is 1.81 bits per heavy atom. The molecular weight excluding hydrogens is 402 g/mol. The van der Waals surface area contributed by atoms with Crippen molar-refractivity contribution in [2.24, 2.45) is 0 Å². The molecule has 0 saturated carbocycles. The number of hydrogen-bond donors (Lipinski definition) is 0. The minimum Gasteiger partial charge on any atom is -0.469 e. The van der Waals surface area contributed by atoms with Crippen molar-refractivity contribution in [2.75, 3.05) is 38.2 Å². The first kappa shape index (κ1) is 22.3. The molecule has 0 atom stereocenters. The van der Waals surface area contributed by atoms with Crippen molar-refractivity contribution in [1.82, 2.24) is 14.5 Å². The number of carbonyl (C=O) groups excluding carboxylic acids is 2. The van der Waals surface area contributed by atoms with E-state index in [1.807, 2.05) is 46.7 Å². The van der Waals surface area contributed by atoms with Crippen LogP contribution >= 0.6 is 0 Å². The number of piperazine rings is 1. The molecule has 1 aliphatic heterocycles. The summed E-state index contributed by atoms with van der Waals surface area (Å²) < 4.78 is 6.49. The molecule has 166 valence electrons. The van der Waals surface area contributed by atoms with Crippen LogP contribution in [0.3, 0.4) is 0 Å². The highest BCUT2D eigenvalue weighted by Crippen LogP contribution is 2.31. The van der Waals surface area contributed by atoms with Gasteiger partial charge in [0, 0.05) is 39.0 Å². The van der Waals surface area contributed by atoms with Crippen LogP contribution in [0, 0.1) is 10.1 Å². The SMILES string of the molecule is CCc1nc([N+](=O)[O-])c(N2CCN(C(=O)CCC(=O)OC)CC2)n1Cc1ccccc1. The first-order valence-electron chi connectivity index (χ1n) is 10.3. The summed E-state index contributed by atoms with van der Waals surface area (Å²) in [4.78, 5) is 42.9. The molecule has 10 heteroatoms. The Bertz CT molecular complexity index is 935. The van der Waals surface area contributed by atoms with Gasteiger partial charge in [-0.1, -0.05) is 37.3 Å². The van der Waals surface area contributed by atoms with Crippen molar-refractivity contribution < 1.29 is 19.2 Å². The van der Waals surface area contributed by atoms with Gasteiger partial charge >= 0.3 is 11.8 Å². The third kappa shape index (κ3) is 5.19. The summed E-state index contributed by atoms with van der Waals surface area (Å²) >= 11 is 0. The normalized spacial score (nSPS) is 13.9. The molecule has 0 bridgehead atoms. The van der Waals surface area contributed by atoms with Crippen LogP contribution in [0.25, 0.3) is 0 Å². The van der Waals surface area contributed by atoms with Gasteiger partial charge < -0.3 is 24.7 Å². The fraction of sp³-hybridized carbons (Fsp3) is 0.476. The average Bonchev–Trinajstić information content (AvgIpc) is 3.16. The van der Waals surface area contributed by atoms with Crippen molar-refractivity contribution in [3.8, 4) is 0 Å². The fourth-order valence-corrected chi connectivity index (χ4v) is 3.75. The zero-order valence-corrected chi connectivity index (χ0v) is 17.8. The lowest BCUT2D eigenvalue weighted by molar-refractivity contribution is -0.388. The Balaban J connectivity index is 1.79. The minimum absolute atomic E-state index is 0.0464. The average molecular weight is 429 g/mol. The lowest BCUT2D eigenvalue weighted by Crippen LogP contribution is -2.49. The predicted molar refractivity (Wildman–Crippen MR) is 114 cm³/mol. The first-order chi connectivity index (χ1) is 14.9. The van der Waals surface area contributed by atoms with Crippen LogP contribution in [0.4, 0.5) is 11.6 Å². The molecular formula is C21H27N5O5. The molecule has 1 amide bonds. The second-order valence-electron chi connectivity index (χ2n) is 7.30. The Kier molecular flexibility index (Phi) is 7.22. The topological polar surface area (TPSA) is 111 Å². The predicted octanol–water partition coefficient (Wildman–Crippen LogP) is 2.00. The van der Waals surface area contributed by atoms with E-state index >= 15 is 0 Å². The zero-order valence-electron chi connectivity index (χ0n) is 17.8. The maximum Gasteiger partial charge on any atom is 0.406 e. The maximum absolute atomic E-state index is 12.4. The van der Waals surface area contributed by atoms with E-state index in [2.05, 4.69) is 9.72 Å². The molecule has 1 aromatic heterocycles. The van der Waals surface area contributed by atoms with E-state index < -0.39 is 10.9 Å². The Labute approximate surface area is 180 Å². The van der Waals surface area contributed by atoms with Crippen LogP contribution in [0.1, 0.15) is 31.2 Å². The number of methoxy groups -OCH3 is 1. The molecule has 1 aliphatic rings. The number of nitro groups is 1. The summed E-state index contributed by atoms with van der Waals surface area (Å²) in [6.45, 7) is 4.17. The van der Waals surface area contributed by atoms with E-state index in [1.54, 1.807) is 4.90 Å². The molecule has 31 heavy (non-hydrogen) atoms. The zero-order chi connectivity index (χ0) is 22.4. The fourth-order valence-electron chi connectivity index (χ4n) is 3.75. The molecule has 1 aromatic carbocycles. The summed E-state index contributed by atoms with van der Waals surface area (Å²) in [7, 11) is 1.29. The highest BCUT2D eigenvalue weighted by Gasteiger charge is 2.33. The summed E-state index contributed by atoms with van der Waals surface area (Å²) in [6.07, 6.45) is 0.711. The van der Waals surface area contributed by atoms with Gasteiger partial charge in [-0.3, -0.25) is 14.2 Å². The van der Waals surface area contributed by atoms with Gasteiger partial charge in [0.1, 0.15) is 0 Å². The number of aryl methyl sites for hydroxylation is 1. The van der Waals surface area contributed by atoms with Crippen molar-refractivity contribution in [3.63, 3.8) is 0 Å². The molecule has 0 unspecified atom stereocenters. The van der Waals surface area contributed by atoms with Gasteiger partial charge in [-0.05, 0) is 15.5 Å². The number of nitrogens with zero attached hydrogens (tertiary/aromatic N) is 5. The molecule has 1 saturated heterocycles. The second-order valence-corrected chi connectivity index (χ2v) is 7.30. The molecule has 0 radical (unpaired) electrons. The van der Waals surface area contributed by atoms with Gasteiger partial charge in [-0.15, -0.1) is 0 Å². The maximum atomic E-state index is 12.4. The first-order valence-corrected chi connectivity index (χ1v) is 10.3. The standard InChI is InChI=1S/C21H27N5O5/c1-3-17-22-20(26(29)30)21(25(17)15-16-7-5-4-6-8-16)24-13-11-23(12-14-24)18(27)9-10-19(28)31-2/h4-8H,3,9-15H2,1-2H3. The minimum atomic E-state index is -0.441. The molecule has 0 N–H and O–H groups in total. The lowest BCUT2D eigenvalue weighted by atomic mass is 10.2. The number of carbonyl (C=O) groups is 2. The molecule has 0 spiro atoms. The lowest BCUT2D eigenvalue weighted by Gasteiger charge is -2.35. The van der Waals surface area contributed by atoms with Gasteiger partial charge in [-0.25, -0.2) is 0 Å². The number of benzene rings is 1. The van der Waals surface area contributed by atoms with Crippen molar-refractivity contribution in [2.45, 2.75) is 32.7 Å². The molecule has 3 rings (SSSR count). The van der Waals surface area contributed by atoms with Gasteiger partial charge in [0.25, 0.3) is 0 Å². The van der Waals surface area contributed by atoms with E-state index in [1.165, 1.54) is 7.11 Å². The summed E-state index contributed by atoms with van der Waals surface area (Å²) in [6, 6.07) is 9.76. The third-order valence-corrected chi connectivity index (χ3v) is 5.38. The number of hydrogen-bond acceptors (Lipinski definition) is 7. The van der Waals surface area contributed by atoms with Crippen molar-refractivity contribution in [1.29, 1.82) is 0 Å². The van der Waals surface area contributed by atoms with Crippen LogP contribution in [-0.4, -0.2) is 64.5 Å². The molecule has 2 aromatic rings. The number of aromatic nitrogens is 2. The molecule has 2 heterocycles. The highest BCUT2D eigenvalue weighted by molar-refractivity contribution is 5.81. The summed E-state index contributed by atoms with van der Waals surface area (Å²) in [5.41, 5.74) is 1.03. The van der Waals surface area contributed by atoms with Crippen molar-refractivity contribution >= 4 is 23.5 Å². The van der Waals surface area contributed by atoms with Crippen molar-refractivity contribution in [3.05, 3.63) is 51.8 Å². The molecule has 10 nitrogen and oxygen atoms in total. The van der Waals surface area contributed by atoms with E-state index in [-0.39, 0.29) is 24.6 Å². The number of imidazole rings is 1. The van der Waals surface area contributed by atoms with E-state index in [4.69, 9.17) is 0 Å². The van der Waals surface area contributed by atoms with Crippen LogP contribution < -0.4 is 4.90 Å². The Hall–Kier alpha value is -3.43. The smallest absolute Gasteiger partial charge is 0.406 e. The van der Waals surface area contributed by atoms with E-state index in [0.29, 0.717) is 50.8 Å².